The molecule has 0 amide bonds. The quantitative estimate of drug-likeness (QED) is 0.366. The van der Waals surface area contributed by atoms with Crippen molar-refractivity contribution in [1.82, 2.24) is 0 Å². The van der Waals surface area contributed by atoms with E-state index in [0.717, 1.165) is 17.5 Å². The van der Waals surface area contributed by atoms with Crippen molar-refractivity contribution in [3.63, 3.8) is 0 Å². The summed E-state index contributed by atoms with van der Waals surface area (Å²) in [7, 11) is 0. The van der Waals surface area contributed by atoms with Gasteiger partial charge in [0.15, 0.2) is 0 Å². The third kappa shape index (κ3) is 6.71. The standard InChI is InChI=1S/C26H30ClNO4/c1-2-19(13-26(30)25(28)16-29)23-12-11-22(15-24(23)27)32-21-10-6-9-20(14-21)31-17-18-7-4-3-5-8-18/h3-12,14-15,19,25-26,29-30H,2,13,16-17,28H2,1H3. The Bertz CT molecular complexity index is 983. The largest absolute Gasteiger partial charge is 0.489 e. The van der Waals surface area contributed by atoms with Crippen molar-refractivity contribution in [3.05, 3.63) is 88.9 Å². The molecular formula is C26H30ClNO4. The Morgan fingerprint density at radius 1 is 0.938 bits per heavy atom. The van der Waals surface area contributed by atoms with Crippen LogP contribution in [-0.2, 0) is 6.61 Å². The molecule has 0 saturated carbocycles. The molecule has 0 radical (unpaired) electrons. The Kier molecular flexibility index (Phi) is 8.94. The van der Waals surface area contributed by atoms with Gasteiger partial charge >= 0.3 is 0 Å². The zero-order valence-corrected chi connectivity index (χ0v) is 18.9. The molecule has 3 rings (SSSR count). The first-order valence-electron chi connectivity index (χ1n) is 10.8. The second kappa shape index (κ2) is 11.9. The fraction of sp³-hybridized carbons (Fsp3) is 0.308. The number of hydrogen-bond acceptors (Lipinski definition) is 5. The van der Waals surface area contributed by atoms with E-state index in [1.54, 1.807) is 6.07 Å². The number of aliphatic hydroxyl groups is 2. The van der Waals surface area contributed by atoms with Crippen LogP contribution in [0.5, 0.6) is 17.2 Å². The lowest BCUT2D eigenvalue weighted by Gasteiger charge is -2.23. The minimum absolute atomic E-state index is 0.0267. The number of nitrogens with two attached hydrogens (primary N) is 1. The van der Waals surface area contributed by atoms with Gasteiger partial charge in [0.05, 0.1) is 18.8 Å². The smallest absolute Gasteiger partial charge is 0.131 e. The normalized spacial score (nSPS) is 13.9. The Labute approximate surface area is 194 Å². The molecule has 3 atom stereocenters. The maximum absolute atomic E-state index is 10.2. The predicted molar refractivity (Wildman–Crippen MR) is 127 cm³/mol. The third-order valence-corrected chi connectivity index (χ3v) is 5.75. The number of rotatable bonds is 11. The molecule has 32 heavy (non-hydrogen) atoms. The Morgan fingerprint density at radius 3 is 2.34 bits per heavy atom. The molecule has 5 nitrogen and oxygen atoms in total. The highest BCUT2D eigenvalue weighted by Crippen LogP contribution is 2.35. The first-order chi connectivity index (χ1) is 15.5. The minimum atomic E-state index is -0.796. The summed E-state index contributed by atoms with van der Waals surface area (Å²) in [4.78, 5) is 0. The molecule has 0 spiro atoms. The van der Waals surface area contributed by atoms with Gasteiger partial charge < -0.3 is 25.4 Å². The zero-order valence-electron chi connectivity index (χ0n) is 18.2. The molecule has 3 aromatic carbocycles. The van der Waals surface area contributed by atoms with Crippen molar-refractivity contribution in [1.29, 1.82) is 0 Å². The van der Waals surface area contributed by atoms with Gasteiger partial charge in [0.2, 0.25) is 0 Å². The second-order valence-electron chi connectivity index (χ2n) is 7.79. The van der Waals surface area contributed by atoms with Crippen LogP contribution < -0.4 is 15.2 Å². The topological polar surface area (TPSA) is 84.9 Å². The van der Waals surface area contributed by atoms with Gasteiger partial charge in [0, 0.05) is 11.1 Å². The number of benzene rings is 3. The van der Waals surface area contributed by atoms with Crippen LogP contribution in [0.2, 0.25) is 5.02 Å². The molecular weight excluding hydrogens is 426 g/mol. The summed E-state index contributed by atoms with van der Waals surface area (Å²) >= 11 is 6.55. The lowest BCUT2D eigenvalue weighted by Crippen LogP contribution is -2.38. The lowest BCUT2D eigenvalue weighted by molar-refractivity contribution is 0.0946. The van der Waals surface area contributed by atoms with Crippen molar-refractivity contribution in [2.24, 2.45) is 5.73 Å². The SMILES string of the molecule is CCC(CC(O)C(N)CO)c1ccc(Oc2cccc(OCc3ccccc3)c2)cc1Cl. The van der Waals surface area contributed by atoms with E-state index < -0.39 is 12.1 Å². The van der Waals surface area contributed by atoms with Crippen LogP contribution >= 0.6 is 11.6 Å². The van der Waals surface area contributed by atoms with Crippen LogP contribution in [0.1, 0.15) is 36.8 Å². The van der Waals surface area contributed by atoms with E-state index in [-0.39, 0.29) is 12.5 Å². The van der Waals surface area contributed by atoms with Crippen molar-refractivity contribution in [3.8, 4) is 17.2 Å². The van der Waals surface area contributed by atoms with Crippen LogP contribution in [0, 0.1) is 0 Å². The molecule has 0 fully saturated rings. The molecule has 3 aromatic rings. The maximum atomic E-state index is 10.2. The Morgan fingerprint density at radius 2 is 1.66 bits per heavy atom. The fourth-order valence-corrected chi connectivity index (χ4v) is 3.83. The van der Waals surface area contributed by atoms with Crippen LogP contribution in [0.4, 0.5) is 0 Å². The van der Waals surface area contributed by atoms with Crippen LogP contribution in [-0.4, -0.2) is 29.0 Å². The van der Waals surface area contributed by atoms with E-state index in [4.69, 9.17) is 31.9 Å². The summed E-state index contributed by atoms with van der Waals surface area (Å²) in [5, 5.41) is 19.9. The molecule has 0 heterocycles. The highest BCUT2D eigenvalue weighted by Gasteiger charge is 2.22. The molecule has 0 aliphatic carbocycles. The van der Waals surface area contributed by atoms with Gasteiger partial charge in [-0.2, -0.15) is 0 Å². The third-order valence-electron chi connectivity index (χ3n) is 5.43. The Balaban J connectivity index is 1.66. The summed E-state index contributed by atoms with van der Waals surface area (Å²) in [6, 6.07) is 22.3. The van der Waals surface area contributed by atoms with Gasteiger partial charge in [0.1, 0.15) is 23.9 Å². The number of ether oxygens (including phenoxy) is 2. The monoisotopic (exact) mass is 455 g/mol. The zero-order chi connectivity index (χ0) is 22.9. The van der Waals surface area contributed by atoms with Crippen molar-refractivity contribution in [2.75, 3.05) is 6.61 Å². The number of halogens is 1. The lowest BCUT2D eigenvalue weighted by atomic mass is 9.89. The van der Waals surface area contributed by atoms with Gasteiger partial charge in [-0.05, 0) is 54.2 Å². The summed E-state index contributed by atoms with van der Waals surface area (Å²) in [6.45, 7) is 2.25. The molecule has 0 aliphatic rings. The highest BCUT2D eigenvalue weighted by atomic mass is 35.5. The summed E-state index contributed by atoms with van der Waals surface area (Å²) in [5.41, 5.74) is 7.77. The van der Waals surface area contributed by atoms with Gasteiger partial charge in [-0.15, -0.1) is 0 Å². The summed E-state index contributed by atoms with van der Waals surface area (Å²) < 4.78 is 11.9. The van der Waals surface area contributed by atoms with E-state index in [0.29, 0.717) is 35.3 Å². The molecule has 0 aliphatic heterocycles. The van der Waals surface area contributed by atoms with Crippen LogP contribution in [0.3, 0.4) is 0 Å². The van der Waals surface area contributed by atoms with Crippen molar-refractivity contribution in [2.45, 2.75) is 44.4 Å². The molecule has 170 valence electrons. The van der Waals surface area contributed by atoms with Gasteiger partial charge in [0.25, 0.3) is 0 Å². The molecule has 0 bridgehead atoms. The minimum Gasteiger partial charge on any atom is -0.489 e. The van der Waals surface area contributed by atoms with E-state index in [1.807, 2.05) is 73.7 Å². The molecule has 4 N–H and O–H groups in total. The maximum Gasteiger partial charge on any atom is 0.131 e. The summed E-state index contributed by atoms with van der Waals surface area (Å²) in [6.07, 6.45) is 0.421. The van der Waals surface area contributed by atoms with E-state index in [2.05, 4.69) is 0 Å². The van der Waals surface area contributed by atoms with Crippen molar-refractivity contribution >= 4 is 11.6 Å². The predicted octanol–water partition coefficient (Wildman–Crippen LogP) is 5.28. The molecule has 6 heteroatoms. The van der Waals surface area contributed by atoms with Gasteiger partial charge in [-0.3, -0.25) is 0 Å². The molecule has 3 unspecified atom stereocenters. The fourth-order valence-electron chi connectivity index (χ4n) is 3.51. The number of hydrogen-bond donors (Lipinski definition) is 3. The van der Waals surface area contributed by atoms with Gasteiger partial charge in [-0.25, -0.2) is 0 Å². The molecule has 0 saturated heterocycles. The highest BCUT2D eigenvalue weighted by molar-refractivity contribution is 6.31. The average molecular weight is 456 g/mol. The Hall–Kier alpha value is -2.57. The van der Waals surface area contributed by atoms with Crippen molar-refractivity contribution < 1.29 is 19.7 Å². The van der Waals surface area contributed by atoms with E-state index in [1.165, 1.54) is 0 Å². The number of aliphatic hydroxyl groups excluding tert-OH is 2. The average Bonchev–Trinajstić information content (AvgIpc) is 2.82. The first-order valence-corrected chi connectivity index (χ1v) is 11.2. The van der Waals surface area contributed by atoms with E-state index >= 15 is 0 Å². The van der Waals surface area contributed by atoms with E-state index in [9.17, 15) is 5.11 Å². The van der Waals surface area contributed by atoms with Crippen LogP contribution in [0.15, 0.2) is 72.8 Å². The summed E-state index contributed by atoms with van der Waals surface area (Å²) in [5.74, 6) is 2.00. The van der Waals surface area contributed by atoms with Crippen LogP contribution in [0.25, 0.3) is 0 Å². The first kappa shape index (κ1) is 24.1. The molecule has 0 aromatic heterocycles. The van der Waals surface area contributed by atoms with Gasteiger partial charge in [-0.1, -0.05) is 61.0 Å². The second-order valence-corrected chi connectivity index (χ2v) is 8.20.